The first-order chi connectivity index (χ1) is 12.2. The van der Waals surface area contributed by atoms with Crippen molar-refractivity contribution >= 4 is 17.1 Å². The van der Waals surface area contributed by atoms with Gasteiger partial charge in [0.25, 0.3) is 0 Å². The highest BCUT2D eigenvalue weighted by atomic mass is 15.7. The van der Waals surface area contributed by atoms with E-state index in [0.29, 0.717) is 0 Å². The molecule has 0 amide bonds. The van der Waals surface area contributed by atoms with Crippen LogP contribution < -0.4 is 14.9 Å². The Kier molecular flexibility index (Phi) is 4.06. The predicted molar refractivity (Wildman–Crippen MR) is 106 cm³/mol. The smallest absolute Gasteiger partial charge is 0.112 e. The summed E-state index contributed by atoms with van der Waals surface area (Å²) in [4.78, 5) is 2.39. The number of benzene rings is 3. The summed E-state index contributed by atoms with van der Waals surface area (Å²) in [7, 11) is 0. The van der Waals surface area contributed by atoms with Crippen LogP contribution in [0.5, 0.6) is 0 Å². The minimum Gasteiger partial charge on any atom is -0.332 e. The lowest BCUT2D eigenvalue weighted by molar-refractivity contribution is 0.890. The number of aryl methyl sites for hydroxylation is 2. The second-order valence-corrected chi connectivity index (χ2v) is 6.63. The standard InChI is InChI=1S/C22H23N3/c1-18-8-12-21(13-9-18)24-16-23(20-6-4-3-5-7-20)17-25(24)22-14-10-19(2)11-15-22/h3-15H,16-17H2,1-2H3. The van der Waals surface area contributed by atoms with Gasteiger partial charge in [0.05, 0.1) is 11.4 Å². The van der Waals surface area contributed by atoms with Gasteiger partial charge < -0.3 is 4.90 Å². The topological polar surface area (TPSA) is 9.72 Å². The van der Waals surface area contributed by atoms with Crippen molar-refractivity contribution in [3.05, 3.63) is 90.0 Å². The van der Waals surface area contributed by atoms with Gasteiger partial charge in [-0.25, -0.2) is 0 Å². The van der Waals surface area contributed by atoms with Crippen molar-refractivity contribution in [1.29, 1.82) is 0 Å². The van der Waals surface area contributed by atoms with Gasteiger partial charge in [-0.2, -0.15) is 0 Å². The summed E-state index contributed by atoms with van der Waals surface area (Å²) >= 11 is 0. The molecule has 0 N–H and O–H groups in total. The van der Waals surface area contributed by atoms with Crippen molar-refractivity contribution in [3.63, 3.8) is 0 Å². The monoisotopic (exact) mass is 329 g/mol. The zero-order valence-electron chi connectivity index (χ0n) is 14.8. The SMILES string of the molecule is Cc1ccc(N2CN(c3ccccc3)CN2c2ccc(C)cc2)cc1. The number of nitrogens with zero attached hydrogens (tertiary/aromatic N) is 3. The van der Waals surface area contributed by atoms with Crippen molar-refractivity contribution < 1.29 is 0 Å². The van der Waals surface area contributed by atoms with E-state index in [9.17, 15) is 0 Å². The lowest BCUT2D eigenvalue weighted by Crippen LogP contribution is -2.36. The number of anilines is 3. The van der Waals surface area contributed by atoms with Crippen LogP contribution in [-0.4, -0.2) is 13.3 Å². The Balaban J connectivity index is 1.70. The van der Waals surface area contributed by atoms with Gasteiger partial charge in [0.1, 0.15) is 13.3 Å². The highest BCUT2D eigenvalue weighted by Gasteiger charge is 2.28. The molecule has 0 aromatic heterocycles. The van der Waals surface area contributed by atoms with Gasteiger partial charge in [-0.15, -0.1) is 0 Å². The summed E-state index contributed by atoms with van der Waals surface area (Å²) in [5, 5.41) is 4.69. The molecule has 1 aliphatic rings. The lowest BCUT2D eigenvalue weighted by Gasteiger charge is -2.29. The highest BCUT2D eigenvalue weighted by Crippen LogP contribution is 2.30. The quantitative estimate of drug-likeness (QED) is 0.672. The summed E-state index contributed by atoms with van der Waals surface area (Å²) < 4.78 is 0. The van der Waals surface area contributed by atoms with Crippen LogP contribution >= 0.6 is 0 Å². The molecule has 0 aliphatic carbocycles. The molecule has 3 heteroatoms. The third kappa shape index (κ3) is 3.18. The fraction of sp³-hybridized carbons (Fsp3) is 0.182. The Hall–Kier alpha value is -2.94. The van der Waals surface area contributed by atoms with Crippen LogP contribution in [0, 0.1) is 13.8 Å². The van der Waals surface area contributed by atoms with Crippen LogP contribution in [0.3, 0.4) is 0 Å². The number of hydrogen-bond donors (Lipinski definition) is 0. The molecular weight excluding hydrogens is 306 g/mol. The van der Waals surface area contributed by atoms with Gasteiger partial charge in [0, 0.05) is 5.69 Å². The van der Waals surface area contributed by atoms with E-state index in [2.05, 4.69) is 108 Å². The van der Waals surface area contributed by atoms with E-state index >= 15 is 0 Å². The van der Waals surface area contributed by atoms with Crippen molar-refractivity contribution in [2.75, 3.05) is 28.3 Å². The Morgan fingerprint density at radius 1 is 0.520 bits per heavy atom. The summed E-state index contributed by atoms with van der Waals surface area (Å²) in [6, 6.07) is 28.1. The number of rotatable bonds is 3. The maximum atomic E-state index is 2.39. The zero-order chi connectivity index (χ0) is 17.2. The maximum Gasteiger partial charge on any atom is 0.112 e. The molecule has 3 aromatic rings. The van der Waals surface area contributed by atoms with E-state index in [-0.39, 0.29) is 0 Å². The molecule has 0 spiro atoms. The van der Waals surface area contributed by atoms with Crippen LogP contribution in [0.2, 0.25) is 0 Å². The third-order valence-electron chi connectivity index (χ3n) is 4.69. The Morgan fingerprint density at radius 3 is 1.40 bits per heavy atom. The number of hydrazine groups is 1. The van der Waals surface area contributed by atoms with Crippen LogP contribution in [0.25, 0.3) is 0 Å². The first kappa shape index (κ1) is 15.6. The molecule has 0 saturated carbocycles. The van der Waals surface area contributed by atoms with Crippen molar-refractivity contribution in [1.82, 2.24) is 0 Å². The van der Waals surface area contributed by atoms with E-state index < -0.39 is 0 Å². The first-order valence-electron chi connectivity index (χ1n) is 8.69. The van der Waals surface area contributed by atoms with Gasteiger partial charge >= 0.3 is 0 Å². The number of para-hydroxylation sites is 1. The largest absolute Gasteiger partial charge is 0.332 e. The summed E-state index contributed by atoms with van der Waals surface area (Å²) in [6.07, 6.45) is 0. The molecule has 1 aliphatic heterocycles. The fourth-order valence-corrected chi connectivity index (χ4v) is 3.20. The molecule has 3 nitrogen and oxygen atoms in total. The molecule has 0 unspecified atom stereocenters. The summed E-state index contributed by atoms with van der Waals surface area (Å²) in [5.41, 5.74) is 6.23. The van der Waals surface area contributed by atoms with Crippen LogP contribution in [0.1, 0.15) is 11.1 Å². The normalized spacial score (nSPS) is 14.2. The molecule has 1 fully saturated rings. The Bertz CT molecular complexity index is 772. The third-order valence-corrected chi connectivity index (χ3v) is 4.69. The second kappa shape index (κ2) is 6.52. The van der Waals surface area contributed by atoms with Crippen LogP contribution in [-0.2, 0) is 0 Å². The van der Waals surface area contributed by atoms with E-state index in [1.807, 2.05) is 0 Å². The zero-order valence-corrected chi connectivity index (χ0v) is 14.8. The fourth-order valence-electron chi connectivity index (χ4n) is 3.20. The Labute approximate surface area is 149 Å². The van der Waals surface area contributed by atoms with Crippen molar-refractivity contribution in [3.8, 4) is 0 Å². The molecule has 1 heterocycles. The Morgan fingerprint density at radius 2 is 0.960 bits per heavy atom. The molecule has 25 heavy (non-hydrogen) atoms. The second-order valence-electron chi connectivity index (χ2n) is 6.63. The molecule has 4 rings (SSSR count). The summed E-state index contributed by atoms with van der Waals surface area (Å²) in [5.74, 6) is 0. The summed E-state index contributed by atoms with van der Waals surface area (Å²) in [6.45, 7) is 5.92. The first-order valence-corrected chi connectivity index (χ1v) is 8.69. The molecule has 3 aromatic carbocycles. The van der Waals surface area contributed by atoms with Crippen molar-refractivity contribution in [2.45, 2.75) is 13.8 Å². The minimum atomic E-state index is 0.834. The van der Waals surface area contributed by atoms with Gasteiger partial charge in [-0.1, -0.05) is 53.6 Å². The molecule has 0 atom stereocenters. The molecular formula is C22H23N3. The van der Waals surface area contributed by atoms with Crippen molar-refractivity contribution in [2.24, 2.45) is 0 Å². The van der Waals surface area contributed by atoms with Gasteiger partial charge in [0.2, 0.25) is 0 Å². The lowest BCUT2D eigenvalue weighted by atomic mass is 10.2. The van der Waals surface area contributed by atoms with E-state index in [1.54, 1.807) is 0 Å². The van der Waals surface area contributed by atoms with Crippen LogP contribution in [0.15, 0.2) is 78.9 Å². The maximum absolute atomic E-state index is 2.39. The molecule has 0 radical (unpaired) electrons. The average molecular weight is 329 g/mol. The average Bonchev–Trinajstić information content (AvgIpc) is 3.09. The number of hydrogen-bond acceptors (Lipinski definition) is 3. The van der Waals surface area contributed by atoms with E-state index in [4.69, 9.17) is 0 Å². The van der Waals surface area contributed by atoms with Gasteiger partial charge in [-0.3, -0.25) is 10.0 Å². The molecule has 0 bridgehead atoms. The van der Waals surface area contributed by atoms with Gasteiger partial charge in [0.15, 0.2) is 0 Å². The minimum absolute atomic E-state index is 0.834. The molecule has 1 saturated heterocycles. The van der Waals surface area contributed by atoms with Crippen LogP contribution in [0.4, 0.5) is 17.1 Å². The molecule has 126 valence electrons. The van der Waals surface area contributed by atoms with E-state index in [1.165, 1.54) is 28.2 Å². The van der Waals surface area contributed by atoms with E-state index in [0.717, 1.165) is 13.3 Å². The van der Waals surface area contributed by atoms with Gasteiger partial charge in [-0.05, 0) is 50.2 Å². The highest BCUT2D eigenvalue weighted by molar-refractivity contribution is 5.64. The predicted octanol–water partition coefficient (Wildman–Crippen LogP) is 4.97.